The molecule has 3 aromatic carbocycles. The minimum Gasteiger partial charge on any atom is -0.321 e. The van der Waals surface area contributed by atoms with Gasteiger partial charge in [0.15, 0.2) is 0 Å². The third kappa shape index (κ3) is 3.92. The smallest absolute Gasteiger partial charge is 0.258 e. The second kappa shape index (κ2) is 9.01. The molecule has 37 heavy (non-hydrogen) atoms. The number of hydrogen-bond acceptors (Lipinski definition) is 4. The highest BCUT2D eigenvalue weighted by Crippen LogP contribution is 2.38. The first-order valence-corrected chi connectivity index (χ1v) is 12.6. The van der Waals surface area contributed by atoms with Gasteiger partial charge in [0.05, 0.1) is 29.0 Å². The van der Waals surface area contributed by atoms with Gasteiger partial charge in [-0.15, -0.1) is 0 Å². The SMILES string of the molecule is CCn1ncc2cc(C3CC(c4c(-c5ccccc5)c5cc(Cl)ccc5[nH]c4=O)=NN3C(C)=O)ccc21. The maximum Gasteiger partial charge on any atom is 0.258 e. The van der Waals surface area contributed by atoms with Gasteiger partial charge in [0, 0.05) is 46.8 Å². The first kappa shape index (κ1) is 23.2. The Morgan fingerprint density at radius 2 is 1.89 bits per heavy atom. The number of hydrogen-bond donors (Lipinski definition) is 1. The molecular formula is C29H24ClN5O2. The Morgan fingerprint density at radius 1 is 1.08 bits per heavy atom. The van der Waals surface area contributed by atoms with E-state index in [-0.39, 0.29) is 17.5 Å². The van der Waals surface area contributed by atoms with Crippen LogP contribution in [0.25, 0.3) is 32.9 Å². The van der Waals surface area contributed by atoms with Crippen molar-refractivity contribution in [2.45, 2.75) is 32.9 Å². The lowest BCUT2D eigenvalue weighted by Crippen LogP contribution is -2.24. The molecule has 3 heterocycles. The van der Waals surface area contributed by atoms with Crippen LogP contribution in [0, 0.1) is 0 Å². The Bertz CT molecular complexity index is 1770. The molecule has 6 rings (SSSR count). The second-order valence-corrected chi connectivity index (χ2v) is 9.61. The Kier molecular flexibility index (Phi) is 5.65. The van der Waals surface area contributed by atoms with Crippen LogP contribution < -0.4 is 5.56 Å². The molecule has 2 aromatic heterocycles. The number of hydrazone groups is 1. The third-order valence-corrected chi connectivity index (χ3v) is 7.15. The Balaban J connectivity index is 1.53. The summed E-state index contributed by atoms with van der Waals surface area (Å²) < 4.78 is 1.93. The largest absolute Gasteiger partial charge is 0.321 e. The molecule has 1 unspecified atom stereocenters. The highest BCUT2D eigenvalue weighted by atomic mass is 35.5. The number of aromatic nitrogens is 3. The number of aromatic amines is 1. The van der Waals surface area contributed by atoms with Crippen molar-refractivity contribution >= 4 is 45.0 Å². The Morgan fingerprint density at radius 3 is 2.65 bits per heavy atom. The molecule has 7 nitrogen and oxygen atoms in total. The molecule has 1 N–H and O–H groups in total. The van der Waals surface area contributed by atoms with Crippen LogP contribution in [0.1, 0.15) is 37.4 Å². The van der Waals surface area contributed by atoms with E-state index in [0.29, 0.717) is 28.2 Å². The molecule has 1 atom stereocenters. The third-order valence-electron chi connectivity index (χ3n) is 6.91. The summed E-state index contributed by atoms with van der Waals surface area (Å²) in [5, 5.41) is 13.0. The van der Waals surface area contributed by atoms with Crippen LogP contribution in [-0.2, 0) is 11.3 Å². The van der Waals surface area contributed by atoms with Crippen molar-refractivity contribution in [2.24, 2.45) is 5.10 Å². The van der Waals surface area contributed by atoms with Gasteiger partial charge in [-0.2, -0.15) is 10.2 Å². The first-order chi connectivity index (χ1) is 17.9. The maximum absolute atomic E-state index is 13.5. The van der Waals surface area contributed by atoms with Gasteiger partial charge in [-0.3, -0.25) is 14.3 Å². The molecule has 184 valence electrons. The molecule has 0 fully saturated rings. The van der Waals surface area contributed by atoms with Gasteiger partial charge < -0.3 is 4.98 Å². The van der Waals surface area contributed by atoms with Gasteiger partial charge >= 0.3 is 0 Å². The second-order valence-electron chi connectivity index (χ2n) is 9.17. The van der Waals surface area contributed by atoms with E-state index in [9.17, 15) is 9.59 Å². The summed E-state index contributed by atoms with van der Waals surface area (Å²) in [6.45, 7) is 4.32. The van der Waals surface area contributed by atoms with Crippen molar-refractivity contribution in [2.75, 3.05) is 0 Å². The molecule has 5 aromatic rings. The summed E-state index contributed by atoms with van der Waals surface area (Å²) in [4.78, 5) is 29.3. The quantitative estimate of drug-likeness (QED) is 0.326. The number of amides is 1. The number of H-pyrrole nitrogens is 1. The number of nitrogens with one attached hydrogen (secondary N) is 1. The molecule has 0 radical (unpaired) electrons. The van der Waals surface area contributed by atoms with E-state index in [2.05, 4.69) is 16.1 Å². The summed E-state index contributed by atoms with van der Waals surface area (Å²) in [5.74, 6) is -0.189. The van der Waals surface area contributed by atoms with E-state index >= 15 is 0 Å². The van der Waals surface area contributed by atoms with Gasteiger partial charge in [-0.25, -0.2) is 5.01 Å². The monoisotopic (exact) mass is 509 g/mol. The number of carbonyl (C=O) groups is 1. The van der Waals surface area contributed by atoms with Gasteiger partial charge in [0.25, 0.3) is 5.56 Å². The zero-order chi connectivity index (χ0) is 25.7. The number of pyridine rings is 1. The molecule has 0 saturated carbocycles. The molecule has 0 spiro atoms. The fourth-order valence-electron chi connectivity index (χ4n) is 5.22. The molecule has 8 heteroatoms. The van der Waals surface area contributed by atoms with Crippen LogP contribution in [0.3, 0.4) is 0 Å². The first-order valence-electron chi connectivity index (χ1n) is 12.2. The maximum atomic E-state index is 13.5. The molecule has 0 aliphatic carbocycles. The fraction of sp³-hybridized carbons (Fsp3) is 0.172. The average Bonchev–Trinajstić information content (AvgIpc) is 3.53. The normalized spacial score (nSPS) is 15.5. The summed E-state index contributed by atoms with van der Waals surface area (Å²) in [6, 6.07) is 20.9. The van der Waals surface area contributed by atoms with E-state index in [1.807, 2.05) is 72.4 Å². The molecular weight excluding hydrogens is 486 g/mol. The van der Waals surface area contributed by atoms with E-state index in [1.165, 1.54) is 11.9 Å². The van der Waals surface area contributed by atoms with Crippen molar-refractivity contribution in [1.82, 2.24) is 19.8 Å². The van der Waals surface area contributed by atoms with E-state index in [4.69, 9.17) is 16.7 Å². The lowest BCUT2D eigenvalue weighted by atomic mass is 9.91. The summed E-state index contributed by atoms with van der Waals surface area (Å²) >= 11 is 6.38. The minimum atomic E-state index is -0.333. The molecule has 0 bridgehead atoms. The van der Waals surface area contributed by atoms with Crippen molar-refractivity contribution < 1.29 is 4.79 Å². The summed E-state index contributed by atoms with van der Waals surface area (Å²) in [5.41, 5.74) is 5.06. The lowest BCUT2D eigenvalue weighted by Gasteiger charge is -2.20. The van der Waals surface area contributed by atoms with E-state index < -0.39 is 0 Å². The summed E-state index contributed by atoms with van der Waals surface area (Å²) in [6.07, 6.45) is 2.24. The van der Waals surface area contributed by atoms with Crippen LogP contribution >= 0.6 is 11.6 Å². The van der Waals surface area contributed by atoms with Crippen molar-refractivity contribution in [3.63, 3.8) is 0 Å². The zero-order valence-corrected chi connectivity index (χ0v) is 21.2. The minimum absolute atomic E-state index is 0.189. The van der Waals surface area contributed by atoms with Crippen molar-refractivity contribution in [1.29, 1.82) is 0 Å². The molecule has 0 saturated heterocycles. The van der Waals surface area contributed by atoms with Crippen LogP contribution in [0.4, 0.5) is 0 Å². The molecule has 1 aliphatic heterocycles. The van der Waals surface area contributed by atoms with Crippen LogP contribution in [0.2, 0.25) is 5.02 Å². The van der Waals surface area contributed by atoms with Crippen LogP contribution in [0.15, 0.2) is 82.8 Å². The number of nitrogens with zero attached hydrogens (tertiary/aromatic N) is 4. The number of rotatable bonds is 4. The summed E-state index contributed by atoms with van der Waals surface area (Å²) in [7, 11) is 0. The van der Waals surface area contributed by atoms with Gasteiger partial charge in [-0.05, 0) is 48.4 Å². The predicted octanol–water partition coefficient (Wildman–Crippen LogP) is 5.92. The number of fused-ring (bicyclic) bond motifs is 2. The topological polar surface area (TPSA) is 83.3 Å². The fourth-order valence-corrected chi connectivity index (χ4v) is 5.39. The number of benzene rings is 3. The van der Waals surface area contributed by atoms with Crippen molar-refractivity contribution in [3.8, 4) is 11.1 Å². The highest BCUT2D eigenvalue weighted by molar-refractivity contribution is 6.31. The highest BCUT2D eigenvalue weighted by Gasteiger charge is 2.34. The van der Waals surface area contributed by atoms with Crippen LogP contribution in [0.5, 0.6) is 0 Å². The van der Waals surface area contributed by atoms with Crippen molar-refractivity contribution in [3.05, 3.63) is 99.4 Å². The Hall–Kier alpha value is -4.23. The number of halogens is 1. The van der Waals surface area contributed by atoms with Gasteiger partial charge in [-0.1, -0.05) is 48.0 Å². The van der Waals surface area contributed by atoms with Gasteiger partial charge in [0.2, 0.25) is 5.91 Å². The number of aryl methyl sites for hydroxylation is 1. The average molecular weight is 510 g/mol. The van der Waals surface area contributed by atoms with Gasteiger partial charge in [0.1, 0.15) is 0 Å². The number of carbonyl (C=O) groups excluding carboxylic acids is 1. The standard InChI is InChI=1S/C29H24ClN5O2/c1-3-34-25-12-9-19(13-20(25)16-31-34)26-15-24(33-35(26)17(2)36)28-27(18-7-5-4-6-8-18)22-14-21(30)10-11-23(22)32-29(28)37/h4-14,16,26H,3,15H2,1-2H3,(H,32,37). The van der Waals surface area contributed by atoms with Crippen LogP contribution in [-0.4, -0.2) is 31.4 Å². The lowest BCUT2D eigenvalue weighted by molar-refractivity contribution is -0.130. The predicted molar refractivity (Wildman–Crippen MR) is 147 cm³/mol. The Labute approximate surface area is 218 Å². The van der Waals surface area contributed by atoms with E-state index in [0.717, 1.165) is 39.5 Å². The zero-order valence-electron chi connectivity index (χ0n) is 20.4. The van der Waals surface area contributed by atoms with E-state index in [1.54, 1.807) is 6.07 Å². The molecule has 1 aliphatic rings. The molecule has 1 amide bonds.